The molecule has 112 valence electrons. The largest absolute Gasteiger partial charge is 0.320 e. The van der Waals surface area contributed by atoms with Crippen LogP contribution < -0.4 is 10.9 Å². The number of fused-ring (bicyclic) bond motifs is 1. The Labute approximate surface area is 131 Å². The SMILES string of the molecule is Cc1cccc(CC(=O)Nc2c(C)nc3sccn3c2=O)c1. The Morgan fingerprint density at radius 3 is 2.95 bits per heavy atom. The van der Waals surface area contributed by atoms with Gasteiger partial charge in [-0.1, -0.05) is 29.8 Å². The molecular formula is C16H15N3O2S. The molecule has 2 heterocycles. The topological polar surface area (TPSA) is 63.5 Å². The fraction of sp³-hybridized carbons (Fsp3) is 0.188. The summed E-state index contributed by atoms with van der Waals surface area (Å²) in [5.41, 5.74) is 2.54. The lowest BCUT2D eigenvalue weighted by Crippen LogP contribution is -2.25. The minimum Gasteiger partial charge on any atom is -0.320 e. The Morgan fingerprint density at radius 1 is 1.36 bits per heavy atom. The molecule has 1 aromatic carbocycles. The van der Waals surface area contributed by atoms with Crippen LogP contribution in [0.2, 0.25) is 0 Å². The van der Waals surface area contributed by atoms with Gasteiger partial charge in [-0.15, -0.1) is 11.3 Å². The van der Waals surface area contributed by atoms with E-state index >= 15 is 0 Å². The van der Waals surface area contributed by atoms with Gasteiger partial charge in [-0.05, 0) is 19.4 Å². The first-order valence-corrected chi connectivity index (χ1v) is 7.74. The molecule has 0 radical (unpaired) electrons. The van der Waals surface area contributed by atoms with E-state index in [-0.39, 0.29) is 23.6 Å². The molecule has 0 atom stereocenters. The number of nitrogens with zero attached hydrogens (tertiary/aromatic N) is 2. The van der Waals surface area contributed by atoms with Crippen LogP contribution in [0.3, 0.4) is 0 Å². The van der Waals surface area contributed by atoms with E-state index in [9.17, 15) is 9.59 Å². The number of carbonyl (C=O) groups is 1. The first-order chi connectivity index (χ1) is 10.5. The molecule has 5 nitrogen and oxygen atoms in total. The Kier molecular flexibility index (Phi) is 3.77. The summed E-state index contributed by atoms with van der Waals surface area (Å²) in [6.45, 7) is 3.70. The van der Waals surface area contributed by atoms with Gasteiger partial charge in [0.2, 0.25) is 5.91 Å². The molecule has 0 fully saturated rings. The van der Waals surface area contributed by atoms with Crippen LogP contribution in [-0.4, -0.2) is 15.3 Å². The van der Waals surface area contributed by atoms with E-state index < -0.39 is 0 Å². The summed E-state index contributed by atoms with van der Waals surface area (Å²) >= 11 is 1.39. The van der Waals surface area contributed by atoms with Gasteiger partial charge < -0.3 is 5.32 Å². The second kappa shape index (κ2) is 5.73. The number of benzene rings is 1. The van der Waals surface area contributed by atoms with Crippen molar-refractivity contribution in [2.75, 3.05) is 5.32 Å². The van der Waals surface area contributed by atoms with E-state index in [2.05, 4.69) is 10.3 Å². The molecule has 3 rings (SSSR count). The molecule has 0 aliphatic heterocycles. The predicted molar refractivity (Wildman–Crippen MR) is 87.6 cm³/mol. The molecule has 22 heavy (non-hydrogen) atoms. The van der Waals surface area contributed by atoms with E-state index in [1.54, 1.807) is 18.5 Å². The maximum atomic E-state index is 12.4. The molecule has 0 bridgehead atoms. The lowest BCUT2D eigenvalue weighted by molar-refractivity contribution is -0.115. The number of rotatable bonds is 3. The Bertz CT molecular complexity index is 911. The number of amides is 1. The fourth-order valence-corrected chi connectivity index (χ4v) is 3.07. The zero-order valence-electron chi connectivity index (χ0n) is 12.3. The van der Waals surface area contributed by atoms with Crippen molar-refractivity contribution in [2.24, 2.45) is 0 Å². The smallest absolute Gasteiger partial charge is 0.282 e. The van der Waals surface area contributed by atoms with E-state index in [4.69, 9.17) is 0 Å². The molecule has 2 aromatic heterocycles. The van der Waals surface area contributed by atoms with Crippen molar-refractivity contribution in [3.8, 4) is 0 Å². The van der Waals surface area contributed by atoms with Gasteiger partial charge in [-0.25, -0.2) is 4.98 Å². The zero-order chi connectivity index (χ0) is 15.7. The van der Waals surface area contributed by atoms with Gasteiger partial charge in [0.15, 0.2) is 4.96 Å². The van der Waals surface area contributed by atoms with Gasteiger partial charge in [-0.2, -0.15) is 0 Å². The van der Waals surface area contributed by atoms with Crippen molar-refractivity contribution in [3.63, 3.8) is 0 Å². The molecule has 0 aliphatic rings. The van der Waals surface area contributed by atoms with Crippen molar-refractivity contribution in [2.45, 2.75) is 20.3 Å². The van der Waals surface area contributed by atoms with Crippen molar-refractivity contribution < 1.29 is 4.79 Å². The highest BCUT2D eigenvalue weighted by Gasteiger charge is 2.13. The third-order valence-corrected chi connectivity index (χ3v) is 4.12. The number of anilines is 1. The number of thiazole rings is 1. The number of carbonyl (C=O) groups excluding carboxylic acids is 1. The standard InChI is InChI=1S/C16H15N3O2S/c1-10-4-3-5-12(8-10)9-13(20)18-14-11(2)17-16-19(15(14)21)6-7-22-16/h3-8H,9H2,1-2H3,(H,18,20). The van der Waals surface area contributed by atoms with Crippen molar-refractivity contribution in [1.29, 1.82) is 0 Å². The number of nitrogens with one attached hydrogen (secondary N) is 1. The van der Waals surface area contributed by atoms with Gasteiger partial charge in [0.25, 0.3) is 5.56 Å². The normalized spacial score (nSPS) is 10.8. The van der Waals surface area contributed by atoms with Crippen LogP contribution in [-0.2, 0) is 11.2 Å². The number of hydrogen-bond donors (Lipinski definition) is 1. The van der Waals surface area contributed by atoms with Crippen LogP contribution in [0.25, 0.3) is 4.96 Å². The highest BCUT2D eigenvalue weighted by Crippen LogP contribution is 2.13. The minimum absolute atomic E-state index is 0.220. The van der Waals surface area contributed by atoms with Gasteiger partial charge in [0.05, 0.1) is 12.1 Å². The number of aromatic nitrogens is 2. The molecular weight excluding hydrogens is 298 g/mol. The van der Waals surface area contributed by atoms with Crippen LogP contribution >= 0.6 is 11.3 Å². The second-order valence-corrected chi connectivity index (χ2v) is 6.02. The molecule has 1 amide bonds. The summed E-state index contributed by atoms with van der Waals surface area (Å²) in [6.07, 6.45) is 1.89. The zero-order valence-corrected chi connectivity index (χ0v) is 13.1. The van der Waals surface area contributed by atoms with Gasteiger partial charge in [0.1, 0.15) is 5.69 Å². The molecule has 1 N–H and O–H groups in total. The summed E-state index contributed by atoms with van der Waals surface area (Å²) < 4.78 is 1.44. The fourth-order valence-electron chi connectivity index (χ4n) is 2.32. The number of aryl methyl sites for hydroxylation is 2. The van der Waals surface area contributed by atoms with Gasteiger partial charge in [0, 0.05) is 11.6 Å². The maximum absolute atomic E-state index is 12.4. The molecule has 6 heteroatoms. The Balaban J connectivity index is 1.86. The summed E-state index contributed by atoms with van der Waals surface area (Å²) in [7, 11) is 0. The van der Waals surface area contributed by atoms with E-state index in [0.29, 0.717) is 10.7 Å². The molecule has 0 saturated heterocycles. The lowest BCUT2D eigenvalue weighted by Gasteiger charge is -2.08. The first-order valence-electron chi connectivity index (χ1n) is 6.86. The van der Waals surface area contributed by atoms with Crippen LogP contribution in [0.5, 0.6) is 0 Å². The van der Waals surface area contributed by atoms with Crippen LogP contribution in [0.1, 0.15) is 16.8 Å². The summed E-state index contributed by atoms with van der Waals surface area (Å²) in [5.74, 6) is -0.220. The monoisotopic (exact) mass is 313 g/mol. The highest BCUT2D eigenvalue weighted by atomic mass is 32.1. The predicted octanol–water partition coefficient (Wildman–Crippen LogP) is 2.55. The average Bonchev–Trinajstić information content (AvgIpc) is 2.91. The average molecular weight is 313 g/mol. The molecule has 3 aromatic rings. The summed E-state index contributed by atoms with van der Waals surface area (Å²) in [5, 5.41) is 4.49. The van der Waals surface area contributed by atoms with Crippen molar-refractivity contribution in [3.05, 3.63) is 63.0 Å². The van der Waals surface area contributed by atoms with E-state index in [1.165, 1.54) is 15.7 Å². The summed E-state index contributed by atoms with van der Waals surface area (Å²) in [6, 6.07) is 7.75. The summed E-state index contributed by atoms with van der Waals surface area (Å²) in [4.78, 5) is 29.5. The van der Waals surface area contributed by atoms with Crippen molar-refractivity contribution >= 4 is 27.9 Å². The minimum atomic E-state index is -0.249. The second-order valence-electron chi connectivity index (χ2n) is 5.15. The maximum Gasteiger partial charge on any atom is 0.282 e. The molecule has 0 saturated carbocycles. The number of hydrogen-bond acceptors (Lipinski definition) is 4. The van der Waals surface area contributed by atoms with Crippen molar-refractivity contribution in [1.82, 2.24) is 9.38 Å². The Hall–Kier alpha value is -2.47. The highest BCUT2D eigenvalue weighted by molar-refractivity contribution is 7.15. The first kappa shape index (κ1) is 14.5. The van der Waals surface area contributed by atoms with Crippen LogP contribution in [0.15, 0.2) is 40.6 Å². The molecule has 0 aliphatic carbocycles. The molecule has 0 spiro atoms. The van der Waals surface area contributed by atoms with Gasteiger partial charge in [-0.3, -0.25) is 14.0 Å². The van der Waals surface area contributed by atoms with Gasteiger partial charge >= 0.3 is 0 Å². The van der Waals surface area contributed by atoms with E-state index in [0.717, 1.165) is 11.1 Å². The molecule has 0 unspecified atom stereocenters. The quantitative estimate of drug-likeness (QED) is 0.808. The third-order valence-electron chi connectivity index (χ3n) is 3.36. The van der Waals surface area contributed by atoms with Crippen LogP contribution in [0, 0.1) is 13.8 Å². The lowest BCUT2D eigenvalue weighted by atomic mass is 10.1. The Morgan fingerprint density at radius 2 is 2.18 bits per heavy atom. The van der Waals surface area contributed by atoms with Crippen LogP contribution in [0.4, 0.5) is 5.69 Å². The van der Waals surface area contributed by atoms with E-state index in [1.807, 2.05) is 31.2 Å². The third kappa shape index (κ3) is 2.78.